The number of rotatable bonds is 2. The molecule has 8 heteroatoms. The quantitative estimate of drug-likeness (QED) is 0.845. The van der Waals surface area contributed by atoms with Crippen molar-refractivity contribution in [1.29, 1.82) is 0 Å². The molecule has 0 spiro atoms. The molecule has 1 aliphatic rings. The summed E-state index contributed by atoms with van der Waals surface area (Å²) in [6.07, 6.45) is -4.85. The molecule has 1 aromatic heterocycles. The predicted molar refractivity (Wildman–Crippen MR) is 94.4 cm³/mol. The predicted octanol–water partition coefficient (Wildman–Crippen LogP) is 4.32. The van der Waals surface area contributed by atoms with Crippen LogP contribution in [-0.2, 0) is 10.9 Å². The molecule has 1 atom stereocenters. The van der Waals surface area contributed by atoms with Crippen LogP contribution >= 0.6 is 0 Å². The summed E-state index contributed by atoms with van der Waals surface area (Å²) in [7, 11) is 0. The molecule has 0 saturated carbocycles. The molecule has 27 heavy (non-hydrogen) atoms. The minimum Gasteiger partial charge on any atom is -0.370 e. The van der Waals surface area contributed by atoms with Crippen LogP contribution in [0, 0.1) is 13.8 Å². The molecule has 1 unspecified atom stereocenters. The molecule has 3 rings (SSSR count). The van der Waals surface area contributed by atoms with Crippen molar-refractivity contribution in [3.8, 4) is 0 Å². The Balaban J connectivity index is 1.67. The van der Waals surface area contributed by atoms with Crippen LogP contribution in [0.15, 0.2) is 36.4 Å². The normalized spacial score (nSPS) is 17.7. The van der Waals surface area contributed by atoms with E-state index >= 15 is 0 Å². The number of benzene rings is 1. The summed E-state index contributed by atoms with van der Waals surface area (Å²) < 4.78 is 43.7. The number of nitrogens with one attached hydrogen (secondary N) is 1. The Kier molecular flexibility index (Phi) is 5.36. The first-order chi connectivity index (χ1) is 12.7. The van der Waals surface area contributed by atoms with Gasteiger partial charge in [0.1, 0.15) is 11.9 Å². The number of hydrogen-bond acceptors (Lipinski definition) is 3. The molecular formula is C19H20F3N3O2. The lowest BCUT2D eigenvalue weighted by Gasteiger charge is -2.33. The lowest BCUT2D eigenvalue weighted by Crippen LogP contribution is -2.44. The first kappa shape index (κ1) is 19.2. The SMILES string of the molecule is Cc1cc(C)nc(NC(=O)N2CCOC(c3ccc(C(F)(F)F)cc3)C2)c1. The summed E-state index contributed by atoms with van der Waals surface area (Å²) in [5.41, 5.74) is 1.68. The molecule has 2 amide bonds. The lowest BCUT2D eigenvalue weighted by molar-refractivity contribution is -0.137. The molecule has 2 heterocycles. The maximum Gasteiger partial charge on any atom is 0.416 e. The minimum atomic E-state index is -4.38. The van der Waals surface area contributed by atoms with Gasteiger partial charge >= 0.3 is 12.2 Å². The number of alkyl halides is 3. The number of amides is 2. The second-order valence-electron chi connectivity index (χ2n) is 6.53. The maximum atomic E-state index is 12.7. The summed E-state index contributed by atoms with van der Waals surface area (Å²) in [6.45, 7) is 4.72. The second kappa shape index (κ2) is 7.56. The van der Waals surface area contributed by atoms with Crippen molar-refractivity contribution < 1.29 is 22.7 Å². The zero-order valence-corrected chi connectivity index (χ0v) is 15.0. The third kappa shape index (κ3) is 4.77. The monoisotopic (exact) mass is 379 g/mol. The fourth-order valence-corrected chi connectivity index (χ4v) is 3.02. The van der Waals surface area contributed by atoms with Crippen LogP contribution in [0.4, 0.5) is 23.8 Å². The van der Waals surface area contributed by atoms with Crippen LogP contribution in [-0.4, -0.2) is 35.6 Å². The second-order valence-corrected chi connectivity index (χ2v) is 6.53. The molecule has 0 aliphatic carbocycles. The van der Waals surface area contributed by atoms with Gasteiger partial charge in [-0.3, -0.25) is 5.32 Å². The summed E-state index contributed by atoms with van der Waals surface area (Å²) in [6, 6.07) is 8.20. The van der Waals surface area contributed by atoms with E-state index in [2.05, 4.69) is 10.3 Å². The number of anilines is 1. The van der Waals surface area contributed by atoms with Gasteiger partial charge in [0.2, 0.25) is 0 Å². The van der Waals surface area contributed by atoms with E-state index in [0.29, 0.717) is 24.5 Å². The van der Waals surface area contributed by atoms with Crippen LogP contribution in [0.1, 0.15) is 28.5 Å². The topological polar surface area (TPSA) is 54.5 Å². The number of ether oxygens (including phenoxy) is 1. The van der Waals surface area contributed by atoms with Crippen LogP contribution in [0.2, 0.25) is 0 Å². The van der Waals surface area contributed by atoms with E-state index in [1.165, 1.54) is 12.1 Å². The molecule has 0 bridgehead atoms. The molecular weight excluding hydrogens is 359 g/mol. The third-order valence-electron chi connectivity index (χ3n) is 4.30. The van der Waals surface area contributed by atoms with Gasteiger partial charge in [-0.05, 0) is 49.2 Å². The molecule has 1 aliphatic heterocycles. The van der Waals surface area contributed by atoms with Crippen molar-refractivity contribution in [3.63, 3.8) is 0 Å². The van der Waals surface area contributed by atoms with Crippen molar-refractivity contribution in [2.75, 3.05) is 25.0 Å². The smallest absolute Gasteiger partial charge is 0.370 e. The lowest BCUT2D eigenvalue weighted by atomic mass is 10.1. The highest BCUT2D eigenvalue weighted by Gasteiger charge is 2.31. The molecule has 0 radical (unpaired) electrons. The number of urea groups is 1. The van der Waals surface area contributed by atoms with Crippen LogP contribution < -0.4 is 5.32 Å². The number of halogens is 3. The Hall–Kier alpha value is -2.61. The summed E-state index contributed by atoms with van der Waals surface area (Å²) >= 11 is 0. The molecule has 1 fully saturated rings. The van der Waals surface area contributed by atoms with Crippen LogP contribution in [0.25, 0.3) is 0 Å². The van der Waals surface area contributed by atoms with Gasteiger partial charge in [0, 0.05) is 12.2 Å². The van der Waals surface area contributed by atoms with Crippen molar-refractivity contribution in [2.24, 2.45) is 0 Å². The Morgan fingerprint density at radius 3 is 2.56 bits per heavy atom. The number of carbonyl (C=O) groups excluding carboxylic acids is 1. The van der Waals surface area contributed by atoms with Crippen LogP contribution in [0.3, 0.4) is 0 Å². The average molecular weight is 379 g/mol. The minimum absolute atomic E-state index is 0.252. The largest absolute Gasteiger partial charge is 0.416 e. The highest BCUT2D eigenvalue weighted by Crippen LogP contribution is 2.31. The fourth-order valence-electron chi connectivity index (χ4n) is 3.02. The first-order valence-electron chi connectivity index (χ1n) is 8.52. The molecule has 1 N–H and O–H groups in total. The van der Waals surface area contributed by atoms with E-state index in [1.54, 1.807) is 11.0 Å². The zero-order chi connectivity index (χ0) is 19.6. The van der Waals surface area contributed by atoms with Gasteiger partial charge in [0.05, 0.1) is 18.7 Å². The number of aryl methyl sites for hydroxylation is 2. The highest BCUT2D eigenvalue weighted by molar-refractivity contribution is 5.88. The Bertz CT molecular complexity index is 802. The van der Waals surface area contributed by atoms with E-state index in [4.69, 9.17) is 4.74 Å². The third-order valence-corrected chi connectivity index (χ3v) is 4.30. The first-order valence-corrected chi connectivity index (χ1v) is 8.52. The van der Waals surface area contributed by atoms with Crippen molar-refractivity contribution in [2.45, 2.75) is 26.1 Å². The number of pyridine rings is 1. The number of aromatic nitrogens is 1. The Morgan fingerprint density at radius 2 is 1.93 bits per heavy atom. The standard InChI is InChI=1S/C19H20F3N3O2/c1-12-9-13(2)23-17(10-12)24-18(26)25-7-8-27-16(11-25)14-3-5-15(6-4-14)19(20,21)22/h3-6,9-10,16H,7-8,11H2,1-2H3,(H,23,24,26). The van der Waals surface area contributed by atoms with E-state index in [-0.39, 0.29) is 12.6 Å². The Morgan fingerprint density at radius 1 is 1.22 bits per heavy atom. The highest BCUT2D eigenvalue weighted by atomic mass is 19.4. The van der Waals surface area contributed by atoms with Gasteiger partial charge in [-0.2, -0.15) is 13.2 Å². The summed E-state index contributed by atoms with van der Waals surface area (Å²) in [5, 5.41) is 2.77. The number of morpholine rings is 1. The van der Waals surface area contributed by atoms with Crippen LogP contribution in [0.5, 0.6) is 0 Å². The molecule has 5 nitrogen and oxygen atoms in total. The summed E-state index contributed by atoms with van der Waals surface area (Å²) in [5.74, 6) is 0.468. The number of hydrogen-bond donors (Lipinski definition) is 1. The van der Waals surface area contributed by atoms with Gasteiger partial charge in [0.25, 0.3) is 0 Å². The fraction of sp³-hybridized carbons (Fsp3) is 0.368. The molecule has 144 valence electrons. The van der Waals surface area contributed by atoms with Gasteiger partial charge in [-0.15, -0.1) is 0 Å². The average Bonchev–Trinajstić information content (AvgIpc) is 2.60. The van der Waals surface area contributed by atoms with Crippen molar-refractivity contribution >= 4 is 11.8 Å². The molecule has 2 aromatic rings. The van der Waals surface area contributed by atoms with Crippen molar-refractivity contribution in [1.82, 2.24) is 9.88 Å². The van der Waals surface area contributed by atoms with E-state index in [9.17, 15) is 18.0 Å². The van der Waals surface area contributed by atoms with Gasteiger partial charge < -0.3 is 9.64 Å². The van der Waals surface area contributed by atoms with E-state index in [0.717, 1.165) is 23.4 Å². The number of carbonyl (C=O) groups is 1. The summed E-state index contributed by atoms with van der Waals surface area (Å²) in [4.78, 5) is 18.4. The maximum absolute atomic E-state index is 12.7. The Labute approximate surface area is 155 Å². The molecule has 1 saturated heterocycles. The number of nitrogens with zero attached hydrogens (tertiary/aromatic N) is 2. The van der Waals surface area contributed by atoms with Gasteiger partial charge in [-0.25, -0.2) is 9.78 Å². The van der Waals surface area contributed by atoms with E-state index in [1.807, 2.05) is 19.9 Å². The van der Waals surface area contributed by atoms with E-state index < -0.39 is 17.8 Å². The van der Waals surface area contributed by atoms with Crippen molar-refractivity contribution in [3.05, 3.63) is 58.8 Å². The molecule has 1 aromatic carbocycles. The van der Waals surface area contributed by atoms with Gasteiger partial charge in [-0.1, -0.05) is 12.1 Å². The zero-order valence-electron chi connectivity index (χ0n) is 15.0. The van der Waals surface area contributed by atoms with Gasteiger partial charge in [0.15, 0.2) is 0 Å².